The van der Waals surface area contributed by atoms with Crippen molar-refractivity contribution >= 4 is 17.4 Å². The highest BCUT2D eigenvalue weighted by molar-refractivity contribution is 7.07. The predicted molar refractivity (Wildman–Crippen MR) is 70.2 cm³/mol. The van der Waals surface area contributed by atoms with E-state index in [-0.39, 0.29) is 6.04 Å². The quantitative estimate of drug-likeness (QED) is 0.867. The van der Waals surface area contributed by atoms with Crippen LogP contribution in [0.1, 0.15) is 26.3 Å². The van der Waals surface area contributed by atoms with Crippen molar-refractivity contribution in [3.8, 4) is 0 Å². The fraction of sp³-hybridized carbons (Fsp3) is 0.583. The molecule has 0 saturated heterocycles. The molecule has 0 saturated carbocycles. The van der Waals surface area contributed by atoms with Gasteiger partial charge in [-0.05, 0) is 49.6 Å². The van der Waals surface area contributed by atoms with Crippen molar-refractivity contribution in [2.75, 3.05) is 6.54 Å². The summed E-state index contributed by atoms with van der Waals surface area (Å²) in [7, 11) is 0. The first kappa shape index (κ1) is 14.0. The summed E-state index contributed by atoms with van der Waals surface area (Å²) in [5.41, 5.74) is 6.34. The Bertz CT molecular complexity index is 344. The van der Waals surface area contributed by atoms with Crippen LogP contribution in [-0.4, -0.2) is 24.3 Å². The van der Waals surface area contributed by atoms with E-state index in [0.29, 0.717) is 6.54 Å². The predicted octanol–water partition coefficient (Wildman–Crippen LogP) is 2.14. The number of rotatable bonds is 4. The van der Waals surface area contributed by atoms with Crippen LogP contribution in [0.2, 0.25) is 0 Å². The standard InChI is InChI=1S/C12H20N2O2S/c1-12(2,3)16-11(15)14-10(7-13)6-9-4-5-17-8-9/h4-5,8,10H,6-7,13H2,1-3H3,(H,14,15). The van der Waals surface area contributed by atoms with Crippen LogP contribution in [0.25, 0.3) is 0 Å². The molecule has 1 aromatic heterocycles. The number of carbonyl (C=O) groups is 1. The Kier molecular flexibility index (Phi) is 4.96. The van der Waals surface area contributed by atoms with Crippen molar-refractivity contribution in [2.45, 2.75) is 38.8 Å². The van der Waals surface area contributed by atoms with Crippen LogP contribution in [0, 0.1) is 0 Å². The average Bonchev–Trinajstić information content (AvgIpc) is 2.66. The molecular weight excluding hydrogens is 236 g/mol. The molecule has 0 aliphatic rings. The minimum absolute atomic E-state index is 0.0838. The summed E-state index contributed by atoms with van der Waals surface area (Å²) in [5.74, 6) is 0. The molecule has 0 bridgehead atoms. The van der Waals surface area contributed by atoms with Gasteiger partial charge in [-0.15, -0.1) is 0 Å². The highest BCUT2D eigenvalue weighted by Crippen LogP contribution is 2.10. The largest absolute Gasteiger partial charge is 0.444 e. The molecule has 96 valence electrons. The number of hydrogen-bond donors (Lipinski definition) is 2. The third-order valence-corrected chi connectivity index (χ3v) is 2.80. The molecule has 0 spiro atoms. The van der Waals surface area contributed by atoms with E-state index >= 15 is 0 Å². The summed E-state index contributed by atoms with van der Waals surface area (Å²) in [5, 5.41) is 6.85. The summed E-state index contributed by atoms with van der Waals surface area (Å²) >= 11 is 1.64. The number of carbonyl (C=O) groups excluding carboxylic acids is 1. The molecule has 1 atom stereocenters. The molecule has 1 heterocycles. The number of nitrogens with one attached hydrogen (secondary N) is 1. The van der Waals surface area contributed by atoms with Gasteiger partial charge in [0.2, 0.25) is 0 Å². The Morgan fingerprint density at radius 1 is 1.59 bits per heavy atom. The van der Waals surface area contributed by atoms with Gasteiger partial charge in [0.25, 0.3) is 0 Å². The third-order valence-electron chi connectivity index (χ3n) is 2.07. The lowest BCUT2D eigenvalue weighted by molar-refractivity contribution is 0.0506. The zero-order valence-corrected chi connectivity index (χ0v) is 11.3. The van der Waals surface area contributed by atoms with E-state index in [1.807, 2.05) is 32.2 Å². The summed E-state index contributed by atoms with van der Waals surface area (Å²) in [6.45, 7) is 5.91. The van der Waals surface area contributed by atoms with E-state index in [9.17, 15) is 4.79 Å². The van der Waals surface area contributed by atoms with E-state index in [1.165, 1.54) is 5.56 Å². The van der Waals surface area contributed by atoms with Gasteiger partial charge in [0, 0.05) is 12.6 Å². The molecule has 0 radical (unpaired) electrons. The molecule has 17 heavy (non-hydrogen) atoms. The Balaban J connectivity index is 2.44. The maximum Gasteiger partial charge on any atom is 0.407 e. The number of hydrogen-bond acceptors (Lipinski definition) is 4. The minimum atomic E-state index is -0.481. The molecule has 0 aliphatic carbocycles. The van der Waals surface area contributed by atoms with Gasteiger partial charge in [-0.1, -0.05) is 0 Å². The molecule has 1 rings (SSSR count). The number of amides is 1. The van der Waals surface area contributed by atoms with Gasteiger partial charge < -0.3 is 15.8 Å². The van der Waals surface area contributed by atoms with Crippen LogP contribution in [0.3, 0.4) is 0 Å². The summed E-state index contributed by atoms with van der Waals surface area (Å²) in [6.07, 6.45) is 0.322. The van der Waals surface area contributed by atoms with Crippen LogP contribution >= 0.6 is 11.3 Å². The average molecular weight is 256 g/mol. The smallest absolute Gasteiger partial charge is 0.407 e. The first-order valence-corrected chi connectivity index (χ1v) is 6.55. The van der Waals surface area contributed by atoms with Gasteiger partial charge >= 0.3 is 6.09 Å². The van der Waals surface area contributed by atoms with E-state index in [4.69, 9.17) is 10.5 Å². The Hall–Kier alpha value is -1.07. The number of nitrogens with two attached hydrogens (primary N) is 1. The number of alkyl carbamates (subject to hydrolysis) is 1. The van der Waals surface area contributed by atoms with Gasteiger partial charge in [0.1, 0.15) is 5.60 Å². The molecular formula is C12H20N2O2S. The zero-order chi connectivity index (χ0) is 12.9. The summed E-state index contributed by atoms with van der Waals surface area (Å²) in [4.78, 5) is 11.6. The molecule has 3 N–H and O–H groups in total. The van der Waals surface area contributed by atoms with Crippen LogP contribution in [-0.2, 0) is 11.2 Å². The SMILES string of the molecule is CC(C)(C)OC(=O)NC(CN)Cc1ccsc1. The fourth-order valence-corrected chi connectivity index (χ4v) is 2.04. The highest BCUT2D eigenvalue weighted by atomic mass is 32.1. The van der Waals surface area contributed by atoms with Crippen molar-refractivity contribution in [2.24, 2.45) is 5.73 Å². The molecule has 1 unspecified atom stereocenters. The van der Waals surface area contributed by atoms with Gasteiger partial charge in [-0.25, -0.2) is 4.79 Å². The maximum atomic E-state index is 11.6. The van der Waals surface area contributed by atoms with E-state index in [0.717, 1.165) is 6.42 Å². The lowest BCUT2D eigenvalue weighted by Gasteiger charge is -2.22. The van der Waals surface area contributed by atoms with Gasteiger partial charge in [0.05, 0.1) is 0 Å². The number of ether oxygens (including phenoxy) is 1. The first-order valence-electron chi connectivity index (χ1n) is 5.61. The zero-order valence-electron chi connectivity index (χ0n) is 10.5. The van der Waals surface area contributed by atoms with Crippen molar-refractivity contribution in [3.63, 3.8) is 0 Å². The lowest BCUT2D eigenvalue weighted by atomic mass is 10.1. The van der Waals surface area contributed by atoms with Crippen LogP contribution in [0.4, 0.5) is 4.79 Å². The lowest BCUT2D eigenvalue weighted by Crippen LogP contribution is -2.44. The molecule has 1 aromatic rings. The summed E-state index contributed by atoms with van der Waals surface area (Å²) in [6, 6.07) is 1.95. The molecule has 4 nitrogen and oxygen atoms in total. The molecule has 1 amide bonds. The van der Waals surface area contributed by atoms with E-state index in [2.05, 4.69) is 10.7 Å². The topological polar surface area (TPSA) is 64.3 Å². The van der Waals surface area contributed by atoms with Crippen molar-refractivity contribution in [3.05, 3.63) is 22.4 Å². The minimum Gasteiger partial charge on any atom is -0.444 e. The third kappa shape index (κ3) is 5.70. The second kappa shape index (κ2) is 6.02. The monoisotopic (exact) mass is 256 g/mol. The number of thiophene rings is 1. The van der Waals surface area contributed by atoms with Gasteiger partial charge in [-0.3, -0.25) is 0 Å². The van der Waals surface area contributed by atoms with Crippen molar-refractivity contribution in [1.29, 1.82) is 0 Å². The van der Waals surface area contributed by atoms with Crippen molar-refractivity contribution < 1.29 is 9.53 Å². The Morgan fingerprint density at radius 2 is 2.29 bits per heavy atom. The first-order chi connectivity index (χ1) is 7.90. The van der Waals surface area contributed by atoms with E-state index < -0.39 is 11.7 Å². The van der Waals surface area contributed by atoms with Crippen LogP contribution < -0.4 is 11.1 Å². The second-order valence-electron chi connectivity index (χ2n) is 4.91. The maximum absolute atomic E-state index is 11.6. The Labute approximate surface area is 106 Å². The molecule has 0 aromatic carbocycles. The second-order valence-corrected chi connectivity index (χ2v) is 5.69. The molecule has 5 heteroatoms. The van der Waals surface area contributed by atoms with Gasteiger partial charge in [0.15, 0.2) is 0 Å². The highest BCUT2D eigenvalue weighted by Gasteiger charge is 2.19. The molecule has 0 aliphatic heterocycles. The van der Waals surface area contributed by atoms with Crippen LogP contribution in [0.5, 0.6) is 0 Å². The Morgan fingerprint density at radius 3 is 2.76 bits per heavy atom. The summed E-state index contributed by atoms with van der Waals surface area (Å²) < 4.78 is 5.19. The van der Waals surface area contributed by atoms with E-state index in [1.54, 1.807) is 11.3 Å². The van der Waals surface area contributed by atoms with Crippen LogP contribution in [0.15, 0.2) is 16.8 Å². The van der Waals surface area contributed by atoms with Crippen molar-refractivity contribution in [1.82, 2.24) is 5.32 Å². The molecule has 0 fully saturated rings. The normalized spacial score (nSPS) is 13.2. The fourth-order valence-electron chi connectivity index (χ4n) is 1.36. The van der Waals surface area contributed by atoms with Gasteiger partial charge in [-0.2, -0.15) is 11.3 Å².